The predicted octanol–water partition coefficient (Wildman–Crippen LogP) is 4.67. The van der Waals surface area contributed by atoms with E-state index in [1.807, 2.05) is 63.8 Å². The first-order valence-corrected chi connectivity index (χ1v) is 13.2. The minimum absolute atomic E-state index is 0.115. The molecule has 2 aromatic carbocycles. The highest BCUT2D eigenvalue weighted by atomic mass is 35.5. The highest BCUT2D eigenvalue weighted by Gasteiger charge is 2.46. The number of hydrogen-bond acceptors (Lipinski definition) is 3. The Hall–Kier alpha value is -2.38. The summed E-state index contributed by atoms with van der Waals surface area (Å²) in [6.45, 7) is 0.438. The second-order valence-electron chi connectivity index (χ2n) is 8.91. The van der Waals surface area contributed by atoms with Crippen LogP contribution in [0.4, 0.5) is 5.69 Å². The molecule has 0 bridgehead atoms. The van der Waals surface area contributed by atoms with Gasteiger partial charge in [-0.05, 0) is 61.4 Å². The number of carbonyl (C=O) groups is 2. The number of benzene rings is 2. The van der Waals surface area contributed by atoms with Gasteiger partial charge in [0.1, 0.15) is 11.0 Å². The summed E-state index contributed by atoms with van der Waals surface area (Å²) in [6, 6.07) is 16.8. The number of carboxylic acids is 1. The van der Waals surface area contributed by atoms with Gasteiger partial charge in [-0.2, -0.15) is 0 Å². The van der Waals surface area contributed by atoms with Crippen LogP contribution in [-0.2, 0) is 20.6 Å². The van der Waals surface area contributed by atoms with E-state index in [2.05, 4.69) is 0 Å². The highest BCUT2D eigenvalue weighted by molar-refractivity contribution is 7.85. The molecule has 2 aromatic rings. The SMILES string of the molecule is CS(=O)N(CC(C1CC1)N1C(=O)C(CC(=O)O)CCC1c1ccc(Cl)cc1)c1ccccc1. The summed E-state index contributed by atoms with van der Waals surface area (Å²) in [5.74, 6) is -1.30. The van der Waals surface area contributed by atoms with Crippen LogP contribution in [0.25, 0.3) is 0 Å². The maximum atomic E-state index is 13.7. The summed E-state index contributed by atoms with van der Waals surface area (Å²) in [5, 5.41) is 10.0. The van der Waals surface area contributed by atoms with Gasteiger partial charge in [-0.25, -0.2) is 4.21 Å². The molecule has 8 heteroatoms. The van der Waals surface area contributed by atoms with E-state index in [0.29, 0.717) is 30.3 Å². The van der Waals surface area contributed by atoms with Crippen molar-refractivity contribution in [2.24, 2.45) is 11.8 Å². The zero-order valence-electron chi connectivity index (χ0n) is 18.6. The maximum absolute atomic E-state index is 13.7. The molecule has 6 nitrogen and oxygen atoms in total. The number of halogens is 1. The number of rotatable bonds is 9. The van der Waals surface area contributed by atoms with Crippen molar-refractivity contribution in [3.8, 4) is 0 Å². The number of aliphatic carboxylic acids is 1. The van der Waals surface area contributed by atoms with Crippen LogP contribution in [-0.4, -0.2) is 44.9 Å². The molecule has 1 saturated heterocycles. The first-order valence-electron chi connectivity index (χ1n) is 11.3. The minimum atomic E-state index is -1.27. The zero-order valence-corrected chi connectivity index (χ0v) is 20.2. The normalized spacial score (nSPS) is 22.6. The van der Waals surface area contributed by atoms with E-state index in [1.54, 1.807) is 6.26 Å². The lowest BCUT2D eigenvalue weighted by Gasteiger charge is -2.45. The van der Waals surface area contributed by atoms with E-state index in [0.717, 1.165) is 24.1 Å². The van der Waals surface area contributed by atoms with Gasteiger partial charge in [0, 0.05) is 22.9 Å². The summed E-state index contributed by atoms with van der Waals surface area (Å²) in [4.78, 5) is 27.1. The lowest BCUT2D eigenvalue weighted by molar-refractivity contribution is -0.151. The van der Waals surface area contributed by atoms with E-state index in [4.69, 9.17) is 11.6 Å². The first-order chi connectivity index (χ1) is 15.8. The number of anilines is 1. The maximum Gasteiger partial charge on any atom is 0.304 e. The van der Waals surface area contributed by atoms with E-state index in [9.17, 15) is 18.9 Å². The Bertz CT molecular complexity index is 1010. The van der Waals surface area contributed by atoms with Crippen LogP contribution in [0, 0.1) is 11.8 Å². The molecule has 1 amide bonds. The van der Waals surface area contributed by atoms with Crippen LogP contribution < -0.4 is 4.31 Å². The van der Waals surface area contributed by atoms with E-state index in [1.165, 1.54) is 0 Å². The Balaban J connectivity index is 1.70. The highest BCUT2D eigenvalue weighted by Crippen LogP contribution is 2.44. The molecule has 4 atom stereocenters. The predicted molar refractivity (Wildman–Crippen MR) is 130 cm³/mol. The van der Waals surface area contributed by atoms with E-state index >= 15 is 0 Å². The Labute approximate surface area is 202 Å². The first kappa shape index (κ1) is 23.8. The average molecular weight is 489 g/mol. The molecule has 0 aromatic heterocycles. The number of piperidine rings is 1. The summed E-state index contributed by atoms with van der Waals surface area (Å²) in [7, 11) is -1.27. The molecular formula is C25H29ClN2O4S. The topological polar surface area (TPSA) is 77.9 Å². The second kappa shape index (κ2) is 10.3. The number of carbonyl (C=O) groups excluding carboxylic acids is 1. The fourth-order valence-electron chi connectivity index (χ4n) is 4.86. The Morgan fingerprint density at radius 3 is 2.36 bits per heavy atom. The molecule has 2 fully saturated rings. The van der Waals surface area contributed by atoms with Crippen LogP contribution in [0.2, 0.25) is 5.02 Å². The smallest absolute Gasteiger partial charge is 0.304 e. The van der Waals surface area contributed by atoms with Gasteiger partial charge in [0.25, 0.3) is 0 Å². The van der Waals surface area contributed by atoms with Gasteiger partial charge in [-0.3, -0.25) is 13.9 Å². The fourth-order valence-corrected chi connectivity index (χ4v) is 5.77. The van der Waals surface area contributed by atoms with E-state index < -0.39 is 22.9 Å². The molecule has 176 valence electrons. The summed E-state index contributed by atoms with van der Waals surface area (Å²) < 4.78 is 14.6. The number of hydrogen-bond donors (Lipinski definition) is 1. The number of amides is 1. The third kappa shape index (κ3) is 5.58. The molecule has 0 radical (unpaired) electrons. The molecule has 1 aliphatic heterocycles. The number of para-hydroxylation sites is 1. The van der Waals surface area contributed by atoms with Gasteiger partial charge in [-0.15, -0.1) is 0 Å². The third-order valence-corrected chi connectivity index (χ3v) is 7.87. The molecular weight excluding hydrogens is 460 g/mol. The van der Waals surface area contributed by atoms with Crippen molar-refractivity contribution in [1.82, 2.24) is 4.90 Å². The van der Waals surface area contributed by atoms with Gasteiger partial charge in [0.15, 0.2) is 0 Å². The molecule has 1 heterocycles. The van der Waals surface area contributed by atoms with Gasteiger partial charge >= 0.3 is 5.97 Å². The van der Waals surface area contributed by atoms with Crippen molar-refractivity contribution in [2.75, 3.05) is 17.1 Å². The van der Waals surface area contributed by atoms with Crippen LogP contribution >= 0.6 is 11.6 Å². The van der Waals surface area contributed by atoms with Gasteiger partial charge in [0.05, 0.1) is 25.0 Å². The van der Waals surface area contributed by atoms with Crippen molar-refractivity contribution < 1.29 is 18.9 Å². The number of likely N-dealkylation sites (tertiary alicyclic amines) is 1. The van der Waals surface area contributed by atoms with Crippen molar-refractivity contribution in [3.05, 3.63) is 65.2 Å². The van der Waals surface area contributed by atoms with Crippen LogP contribution in [0.3, 0.4) is 0 Å². The molecule has 4 rings (SSSR count). The standard InChI is InChI=1S/C25H29ClN2O4S/c1-33(32)27(21-5-3-2-4-6-21)16-23(18-7-8-18)28-22(17-9-12-20(26)13-10-17)14-11-19(25(28)31)15-24(29)30/h2-6,9-10,12-13,18-19,22-23H,7-8,11,14-16H2,1H3,(H,29,30). The summed E-state index contributed by atoms with van der Waals surface area (Å²) in [6.07, 6.45) is 4.72. The molecule has 33 heavy (non-hydrogen) atoms. The molecule has 4 unspecified atom stereocenters. The minimum Gasteiger partial charge on any atom is -0.481 e. The van der Waals surface area contributed by atoms with E-state index in [-0.39, 0.29) is 24.4 Å². The molecule has 1 saturated carbocycles. The average Bonchev–Trinajstić information content (AvgIpc) is 3.62. The number of carboxylic acid groups (broad SMARTS) is 1. The largest absolute Gasteiger partial charge is 0.481 e. The lowest BCUT2D eigenvalue weighted by Crippen LogP contribution is -2.54. The second-order valence-corrected chi connectivity index (χ2v) is 10.6. The molecule has 1 aliphatic carbocycles. The summed E-state index contributed by atoms with van der Waals surface area (Å²) >= 11 is 6.10. The van der Waals surface area contributed by atoms with Crippen LogP contribution in [0.5, 0.6) is 0 Å². The number of nitrogens with zero attached hydrogens (tertiary/aromatic N) is 2. The molecule has 0 spiro atoms. The van der Waals surface area contributed by atoms with Crippen LogP contribution in [0.1, 0.15) is 43.7 Å². The van der Waals surface area contributed by atoms with Gasteiger partial charge < -0.3 is 10.0 Å². The van der Waals surface area contributed by atoms with Crippen molar-refractivity contribution in [1.29, 1.82) is 0 Å². The molecule has 1 N–H and O–H groups in total. The van der Waals surface area contributed by atoms with Gasteiger partial charge in [0.2, 0.25) is 5.91 Å². The summed E-state index contributed by atoms with van der Waals surface area (Å²) in [5.41, 5.74) is 1.84. The lowest BCUT2D eigenvalue weighted by atomic mass is 9.84. The third-order valence-electron chi connectivity index (χ3n) is 6.63. The monoisotopic (exact) mass is 488 g/mol. The van der Waals surface area contributed by atoms with Crippen molar-refractivity contribution in [3.63, 3.8) is 0 Å². The van der Waals surface area contributed by atoms with Crippen molar-refractivity contribution in [2.45, 2.75) is 44.2 Å². The quantitative estimate of drug-likeness (QED) is 0.556. The molecule has 2 aliphatic rings. The Morgan fingerprint density at radius 2 is 1.79 bits per heavy atom. The zero-order chi connectivity index (χ0) is 23.5. The van der Waals surface area contributed by atoms with Crippen molar-refractivity contribution >= 4 is 40.2 Å². The van der Waals surface area contributed by atoms with Gasteiger partial charge in [-0.1, -0.05) is 41.9 Å². The van der Waals surface area contributed by atoms with Crippen LogP contribution in [0.15, 0.2) is 54.6 Å². The Kier molecular flexibility index (Phi) is 7.39. The Morgan fingerprint density at radius 1 is 1.12 bits per heavy atom. The fraction of sp³-hybridized carbons (Fsp3) is 0.440.